The Kier molecular flexibility index (Phi) is 4.46. The van der Waals surface area contributed by atoms with Crippen LogP contribution in [0.5, 0.6) is 0 Å². The van der Waals surface area contributed by atoms with Crippen LogP contribution in [-0.2, 0) is 9.59 Å². The van der Waals surface area contributed by atoms with Gasteiger partial charge in [-0.25, -0.2) is 0 Å². The summed E-state index contributed by atoms with van der Waals surface area (Å²) in [5.41, 5.74) is 2.78. The highest BCUT2D eigenvalue weighted by Crippen LogP contribution is 2.33. The van der Waals surface area contributed by atoms with E-state index in [2.05, 4.69) is 5.32 Å². The van der Waals surface area contributed by atoms with Gasteiger partial charge < -0.3 is 10.2 Å². The van der Waals surface area contributed by atoms with Crippen LogP contribution >= 0.6 is 23.2 Å². The van der Waals surface area contributed by atoms with Crippen molar-refractivity contribution in [3.8, 4) is 0 Å². The Bertz CT molecular complexity index is 753. The van der Waals surface area contributed by atoms with Crippen LogP contribution in [0.2, 0.25) is 10.0 Å². The van der Waals surface area contributed by atoms with E-state index in [-0.39, 0.29) is 11.7 Å². The number of rotatable bonds is 2. The number of anilines is 1. The summed E-state index contributed by atoms with van der Waals surface area (Å²) in [5.74, 6) is -0.136. The Morgan fingerprint density at radius 2 is 2.04 bits per heavy atom. The summed E-state index contributed by atoms with van der Waals surface area (Å²) in [6, 6.07) is 4.89. The lowest BCUT2D eigenvalue weighted by Gasteiger charge is -2.31. The Hall–Kier alpha value is -1.78. The van der Waals surface area contributed by atoms with E-state index < -0.39 is 0 Å². The highest BCUT2D eigenvalue weighted by molar-refractivity contribution is 6.35. The van der Waals surface area contributed by atoms with E-state index in [4.69, 9.17) is 23.2 Å². The molecule has 0 fully saturated rings. The summed E-state index contributed by atoms with van der Waals surface area (Å²) in [7, 11) is 1.87. The largest absolute Gasteiger partial charge is 0.354 e. The van der Waals surface area contributed by atoms with Crippen molar-refractivity contribution in [2.24, 2.45) is 0 Å². The molecule has 1 amide bonds. The Labute approximate surface area is 144 Å². The molecule has 0 spiro atoms. The second-order valence-corrected chi connectivity index (χ2v) is 6.57. The van der Waals surface area contributed by atoms with Gasteiger partial charge in [-0.3, -0.25) is 9.59 Å². The van der Waals surface area contributed by atoms with Crippen LogP contribution in [0, 0.1) is 0 Å². The highest BCUT2D eigenvalue weighted by Gasteiger charge is 2.28. The molecule has 1 aliphatic carbocycles. The van der Waals surface area contributed by atoms with Crippen molar-refractivity contribution in [1.29, 1.82) is 0 Å². The smallest absolute Gasteiger partial charge is 0.253 e. The van der Waals surface area contributed by atoms with E-state index in [9.17, 15) is 9.59 Å². The first-order valence-corrected chi connectivity index (χ1v) is 8.16. The van der Waals surface area contributed by atoms with Gasteiger partial charge in [0.25, 0.3) is 5.91 Å². The number of halogens is 2. The predicted molar refractivity (Wildman–Crippen MR) is 91.4 cm³/mol. The lowest BCUT2D eigenvalue weighted by molar-refractivity contribution is -0.116. The van der Waals surface area contributed by atoms with Crippen LogP contribution in [0.15, 0.2) is 41.2 Å². The van der Waals surface area contributed by atoms with Gasteiger partial charge in [0.05, 0.1) is 10.7 Å². The van der Waals surface area contributed by atoms with Crippen LogP contribution in [0.3, 0.4) is 0 Å². The lowest BCUT2D eigenvalue weighted by atomic mass is 9.87. The van der Waals surface area contributed by atoms with Gasteiger partial charge in [0.1, 0.15) is 0 Å². The zero-order valence-electron chi connectivity index (χ0n) is 12.7. The molecule has 1 aliphatic heterocycles. The fourth-order valence-corrected chi connectivity index (χ4v) is 3.29. The number of nitrogens with zero attached hydrogens (tertiary/aromatic N) is 1. The monoisotopic (exact) mass is 350 g/mol. The molecule has 1 N–H and O–H groups in total. The number of carbonyl (C=O) groups is 2. The van der Waals surface area contributed by atoms with Crippen molar-refractivity contribution < 1.29 is 9.59 Å². The molecule has 0 saturated heterocycles. The van der Waals surface area contributed by atoms with Gasteiger partial charge in [-0.2, -0.15) is 0 Å². The van der Waals surface area contributed by atoms with Gasteiger partial charge in [0.2, 0.25) is 0 Å². The number of nitrogens with one attached hydrogen (secondary N) is 1. The molecule has 6 heteroatoms. The Morgan fingerprint density at radius 1 is 1.26 bits per heavy atom. The fraction of sp³-hybridized carbons (Fsp3) is 0.294. The van der Waals surface area contributed by atoms with Crippen molar-refractivity contribution in [3.63, 3.8) is 0 Å². The summed E-state index contributed by atoms with van der Waals surface area (Å²) >= 11 is 12.0. The third kappa shape index (κ3) is 3.28. The predicted octanol–water partition coefficient (Wildman–Crippen LogP) is 4.16. The molecular weight excluding hydrogens is 335 g/mol. The molecule has 0 unspecified atom stereocenters. The number of allylic oxidation sites excluding steroid dienone is 2. The lowest BCUT2D eigenvalue weighted by Crippen LogP contribution is -2.28. The van der Waals surface area contributed by atoms with E-state index in [1.807, 2.05) is 11.9 Å². The number of hydrogen-bond donors (Lipinski definition) is 1. The van der Waals surface area contributed by atoms with Crippen LogP contribution in [0.1, 0.15) is 25.7 Å². The maximum atomic E-state index is 12.5. The van der Waals surface area contributed by atoms with E-state index in [0.29, 0.717) is 34.1 Å². The minimum Gasteiger partial charge on any atom is -0.354 e. The van der Waals surface area contributed by atoms with Gasteiger partial charge in [-0.15, -0.1) is 0 Å². The molecular formula is C17H16Cl2N2O2. The molecule has 0 radical (unpaired) electrons. The zero-order valence-corrected chi connectivity index (χ0v) is 14.2. The van der Waals surface area contributed by atoms with Crippen molar-refractivity contribution in [2.45, 2.75) is 25.7 Å². The molecule has 23 heavy (non-hydrogen) atoms. The molecule has 4 nitrogen and oxygen atoms in total. The molecule has 0 atom stereocenters. The van der Waals surface area contributed by atoms with Crippen LogP contribution in [0.25, 0.3) is 0 Å². The first kappa shape index (κ1) is 16.1. The van der Waals surface area contributed by atoms with Gasteiger partial charge in [-0.05, 0) is 31.0 Å². The van der Waals surface area contributed by atoms with E-state index >= 15 is 0 Å². The minimum absolute atomic E-state index is 0.136. The number of carbonyl (C=O) groups excluding carboxylic acids is 2. The number of amides is 1. The fourth-order valence-electron chi connectivity index (χ4n) is 2.95. The molecule has 1 heterocycles. The van der Waals surface area contributed by atoms with Crippen molar-refractivity contribution in [2.75, 3.05) is 12.4 Å². The van der Waals surface area contributed by atoms with Gasteiger partial charge in [0.15, 0.2) is 5.78 Å². The zero-order chi connectivity index (χ0) is 16.6. The standard InChI is InChI=1S/C17H16Cl2N2O2/c1-21-9-10(7-12-15(21)3-2-4-16(12)22)17(23)20-14-8-11(18)5-6-13(14)19/h5-6,8-9H,2-4,7H2,1H3,(H,20,23). The number of hydrogen-bond acceptors (Lipinski definition) is 3. The average molecular weight is 351 g/mol. The summed E-state index contributed by atoms with van der Waals surface area (Å²) in [6.45, 7) is 0. The third-order valence-corrected chi connectivity index (χ3v) is 4.68. The number of Topliss-reactive ketones (excluding diaryl/α,β-unsaturated/α-hetero) is 1. The van der Waals surface area contributed by atoms with Gasteiger partial charge >= 0.3 is 0 Å². The second-order valence-electron chi connectivity index (χ2n) is 5.72. The second kappa shape index (κ2) is 6.38. The molecule has 2 aliphatic rings. The van der Waals surface area contributed by atoms with Crippen LogP contribution in [-0.4, -0.2) is 23.6 Å². The third-order valence-electron chi connectivity index (χ3n) is 4.11. The topological polar surface area (TPSA) is 49.4 Å². The van der Waals surface area contributed by atoms with Crippen LogP contribution < -0.4 is 5.32 Å². The Balaban J connectivity index is 1.81. The molecule has 3 rings (SSSR count). The quantitative estimate of drug-likeness (QED) is 0.871. The minimum atomic E-state index is -0.272. The van der Waals surface area contributed by atoms with E-state index in [0.717, 1.165) is 24.1 Å². The van der Waals surface area contributed by atoms with Crippen molar-refractivity contribution in [1.82, 2.24) is 4.90 Å². The Morgan fingerprint density at radius 3 is 2.83 bits per heavy atom. The average Bonchev–Trinajstić information content (AvgIpc) is 2.51. The summed E-state index contributed by atoms with van der Waals surface area (Å²) in [6.07, 6.45) is 4.45. The highest BCUT2D eigenvalue weighted by atomic mass is 35.5. The maximum absolute atomic E-state index is 12.5. The van der Waals surface area contributed by atoms with E-state index in [1.165, 1.54) is 0 Å². The molecule has 0 saturated carbocycles. The van der Waals surface area contributed by atoms with Crippen molar-refractivity contribution in [3.05, 3.63) is 51.3 Å². The first-order chi connectivity index (χ1) is 11.0. The van der Waals surface area contributed by atoms with Crippen LogP contribution in [0.4, 0.5) is 5.69 Å². The molecule has 1 aromatic rings. The maximum Gasteiger partial charge on any atom is 0.253 e. The molecule has 0 bridgehead atoms. The normalized spacial score (nSPS) is 17.8. The van der Waals surface area contributed by atoms with Crippen molar-refractivity contribution >= 4 is 40.6 Å². The summed E-state index contributed by atoms with van der Waals surface area (Å²) in [4.78, 5) is 26.5. The van der Waals surface area contributed by atoms with Gasteiger partial charge in [-0.1, -0.05) is 23.2 Å². The van der Waals surface area contributed by atoms with E-state index in [1.54, 1.807) is 24.4 Å². The molecule has 120 valence electrons. The SMILES string of the molecule is CN1C=C(C(=O)Nc2cc(Cl)ccc2Cl)CC2=C1CCCC2=O. The van der Waals surface area contributed by atoms with Gasteiger partial charge in [0, 0.05) is 48.0 Å². The molecule has 0 aromatic heterocycles. The summed E-state index contributed by atoms with van der Waals surface area (Å²) < 4.78 is 0. The first-order valence-electron chi connectivity index (χ1n) is 7.41. The summed E-state index contributed by atoms with van der Waals surface area (Å²) in [5, 5.41) is 3.68. The number of benzene rings is 1. The number of ketones is 1. The molecule has 1 aromatic carbocycles.